The first-order valence-electron chi connectivity index (χ1n) is 8.65. The molecular formula is C19H17N5O4. The molecule has 2 aromatic heterocycles. The summed E-state index contributed by atoms with van der Waals surface area (Å²) in [4.78, 5) is 46.6. The summed E-state index contributed by atoms with van der Waals surface area (Å²) in [5.74, 6) is 0.108. The van der Waals surface area contributed by atoms with Gasteiger partial charge in [0, 0.05) is 31.6 Å². The predicted octanol–water partition coefficient (Wildman–Crippen LogP) is 1.35. The number of hydrogen-bond acceptors (Lipinski definition) is 6. The van der Waals surface area contributed by atoms with E-state index in [4.69, 9.17) is 4.74 Å². The van der Waals surface area contributed by atoms with E-state index in [2.05, 4.69) is 25.6 Å². The Balaban J connectivity index is 1.51. The molecule has 142 valence electrons. The van der Waals surface area contributed by atoms with E-state index in [-0.39, 0.29) is 36.4 Å². The molecule has 0 radical (unpaired) electrons. The van der Waals surface area contributed by atoms with E-state index >= 15 is 0 Å². The molecule has 4 rings (SSSR count). The Morgan fingerprint density at radius 3 is 2.96 bits per heavy atom. The van der Waals surface area contributed by atoms with Gasteiger partial charge in [-0.05, 0) is 17.7 Å². The van der Waals surface area contributed by atoms with E-state index < -0.39 is 0 Å². The van der Waals surface area contributed by atoms with Gasteiger partial charge in [-0.1, -0.05) is 6.07 Å². The summed E-state index contributed by atoms with van der Waals surface area (Å²) in [5.41, 5.74) is 3.22. The lowest BCUT2D eigenvalue weighted by Crippen LogP contribution is -2.25. The van der Waals surface area contributed by atoms with Crippen LogP contribution in [-0.4, -0.2) is 39.2 Å². The molecule has 1 aliphatic heterocycles. The molecule has 3 heterocycles. The van der Waals surface area contributed by atoms with Crippen LogP contribution in [0.2, 0.25) is 0 Å². The van der Waals surface area contributed by atoms with Crippen LogP contribution >= 0.6 is 0 Å². The Bertz CT molecular complexity index is 1100. The van der Waals surface area contributed by atoms with Crippen LogP contribution in [0.1, 0.15) is 28.5 Å². The Hall–Kier alpha value is -3.75. The van der Waals surface area contributed by atoms with Crippen molar-refractivity contribution in [3.8, 4) is 5.75 Å². The number of aromatic amines is 1. The third kappa shape index (κ3) is 3.41. The summed E-state index contributed by atoms with van der Waals surface area (Å²) in [6.45, 7) is 1.76. The van der Waals surface area contributed by atoms with Crippen molar-refractivity contribution in [2.24, 2.45) is 0 Å². The molecule has 0 saturated heterocycles. The number of benzene rings is 1. The van der Waals surface area contributed by atoms with Gasteiger partial charge < -0.3 is 20.4 Å². The molecule has 0 spiro atoms. The first kappa shape index (κ1) is 17.7. The maximum Gasteiger partial charge on any atom is 0.272 e. The maximum absolute atomic E-state index is 12.6. The Morgan fingerprint density at radius 2 is 2.14 bits per heavy atom. The smallest absolute Gasteiger partial charge is 0.272 e. The summed E-state index contributed by atoms with van der Waals surface area (Å²) in [5, 5.41) is 5.47. The summed E-state index contributed by atoms with van der Waals surface area (Å²) >= 11 is 0. The second-order valence-corrected chi connectivity index (χ2v) is 6.46. The number of rotatable bonds is 4. The third-order valence-electron chi connectivity index (χ3n) is 4.34. The average Bonchev–Trinajstić information content (AvgIpc) is 3.08. The quantitative estimate of drug-likeness (QED) is 0.628. The third-order valence-corrected chi connectivity index (χ3v) is 4.34. The zero-order valence-corrected chi connectivity index (χ0v) is 15.0. The molecule has 3 aromatic rings. The summed E-state index contributed by atoms with van der Waals surface area (Å²) in [6, 6.07) is 5.50. The molecule has 2 amide bonds. The first-order valence-corrected chi connectivity index (χ1v) is 8.65. The molecular weight excluding hydrogens is 362 g/mol. The Kier molecular flexibility index (Phi) is 4.48. The van der Waals surface area contributed by atoms with Crippen molar-refractivity contribution in [3.63, 3.8) is 0 Å². The summed E-state index contributed by atoms with van der Waals surface area (Å²) < 4.78 is 5.38. The number of aromatic nitrogens is 3. The Morgan fingerprint density at radius 1 is 1.29 bits per heavy atom. The van der Waals surface area contributed by atoms with Crippen LogP contribution < -0.4 is 15.4 Å². The molecule has 9 heteroatoms. The normalized spacial score (nSPS) is 13.0. The molecule has 0 unspecified atom stereocenters. The van der Waals surface area contributed by atoms with Crippen molar-refractivity contribution in [1.82, 2.24) is 20.3 Å². The van der Waals surface area contributed by atoms with Crippen LogP contribution in [0.25, 0.3) is 11.0 Å². The van der Waals surface area contributed by atoms with Crippen molar-refractivity contribution in [3.05, 3.63) is 47.5 Å². The van der Waals surface area contributed by atoms with Crippen molar-refractivity contribution < 1.29 is 19.1 Å². The lowest BCUT2D eigenvalue weighted by molar-refractivity contribution is -0.121. The molecule has 0 bridgehead atoms. The number of fused-ring (bicyclic) bond motifs is 2. The largest absolute Gasteiger partial charge is 0.486 e. The minimum absolute atomic E-state index is 0.0267. The highest BCUT2D eigenvalue weighted by Gasteiger charge is 2.19. The van der Waals surface area contributed by atoms with Gasteiger partial charge in [0.25, 0.3) is 5.91 Å². The van der Waals surface area contributed by atoms with Gasteiger partial charge in [-0.25, -0.2) is 9.97 Å². The number of anilines is 1. The van der Waals surface area contributed by atoms with Crippen molar-refractivity contribution in [2.75, 3.05) is 11.9 Å². The SMILES string of the molecule is CC(=O)Nc1c[nH]c2c(C(=O)NCc3ccc4c(c3)CC(=O)CO4)ncnc12. The van der Waals surface area contributed by atoms with E-state index in [1.165, 1.54) is 13.3 Å². The standard InChI is InChI=1S/C19H17N5O4/c1-10(25)24-14-7-20-17-16(14)22-9-23-18(17)19(27)21-6-11-2-3-15-12(4-11)5-13(26)8-28-15/h2-4,7,9,20H,5-6,8H2,1H3,(H,21,27)(H,24,25). The second kappa shape index (κ2) is 7.10. The topological polar surface area (TPSA) is 126 Å². The van der Waals surface area contributed by atoms with E-state index in [0.717, 1.165) is 11.1 Å². The number of hydrogen-bond donors (Lipinski definition) is 3. The van der Waals surface area contributed by atoms with Gasteiger partial charge in [-0.2, -0.15) is 0 Å². The van der Waals surface area contributed by atoms with Crippen LogP contribution in [-0.2, 0) is 22.6 Å². The van der Waals surface area contributed by atoms with Crippen LogP contribution in [0, 0.1) is 0 Å². The summed E-state index contributed by atoms with van der Waals surface area (Å²) in [7, 11) is 0. The number of nitrogens with one attached hydrogen (secondary N) is 3. The maximum atomic E-state index is 12.6. The van der Waals surface area contributed by atoms with E-state index in [1.54, 1.807) is 12.3 Å². The fraction of sp³-hybridized carbons (Fsp3) is 0.211. The second-order valence-electron chi connectivity index (χ2n) is 6.46. The molecule has 0 saturated carbocycles. The van der Waals surface area contributed by atoms with E-state index in [0.29, 0.717) is 28.9 Å². The molecule has 9 nitrogen and oxygen atoms in total. The molecule has 0 aliphatic carbocycles. The highest BCUT2D eigenvalue weighted by Crippen LogP contribution is 2.25. The number of ether oxygens (including phenoxy) is 1. The molecule has 1 aliphatic rings. The minimum atomic E-state index is -0.381. The highest BCUT2D eigenvalue weighted by atomic mass is 16.5. The zero-order chi connectivity index (χ0) is 19.7. The highest BCUT2D eigenvalue weighted by molar-refractivity contribution is 6.07. The number of carbonyl (C=O) groups is 3. The van der Waals surface area contributed by atoms with Gasteiger partial charge in [-0.15, -0.1) is 0 Å². The molecule has 0 fully saturated rings. The molecule has 1 aromatic carbocycles. The lowest BCUT2D eigenvalue weighted by Gasteiger charge is -2.17. The number of nitrogens with zero attached hydrogens (tertiary/aromatic N) is 2. The van der Waals surface area contributed by atoms with Crippen LogP contribution in [0.5, 0.6) is 5.75 Å². The molecule has 3 N–H and O–H groups in total. The van der Waals surface area contributed by atoms with Gasteiger partial charge in [0.2, 0.25) is 5.91 Å². The number of carbonyl (C=O) groups excluding carboxylic acids is 3. The number of H-pyrrole nitrogens is 1. The van der Waals surface area contributed by atoms with Gasteiger partial charge in [0.1, 0.15) is 24.2 Å². The molecule has 28 heavy (non-hydrogen) atoms. The molecule has 0 atom stereocenters. The minimum Gasteiger partial charge on any atom is -0.486 e. The van der Waals surface area contributed by atoms with Gasteiger partial charge in [0.15, 0.2) is 11.5 Å². The van der Waals surface area contributed by atoms with Gasteiger partial charge in [-0.3, -0.25) is 14.4 Å². The van der Waals surface area contributed by atoms with E-state index in [9.17, 15) is 14.4 Å². The van der Waals surface area contributed by atoms with Gasteiger partial charge in [0.05, 0.1) is 11.2 Å². The Labute approximate surface area is 159 Å². The van der Waals surface area contributed by atoms with Gasteiger partial charge >= 0.3 is 0 Å². The van der Waals surface area contributed by atoms with Crippen LogP contribution in [0.3, 0.4) is 0 Å². The fourth-order valence-corrected chi connectivity index (χ4v) is 3.11. The fourth-order valence-electron chi connectivity index (χ4n) is 3.11. The monoisotopic (exact) mass is 379 g/mol. The van der Waals surface area contributed by atoms with Crippen LogP contribution in [0.15, 0.2) is 30.7 Å². The van der Waals surface area contributed by atoms with E-state index in [1.807, 2.05) is 12.1 Å². The first-order chi connectivity index (χ1) is 13.5. The number of Topliss-reactive ketones (excluding diaryl/α,β-unsaturated/α-hetero) is 1. The number of amides is 2. The lowest BCUT2D eigenvalue weighted by atomic mass is 10.0. The van der Waals surface area contributed by atoms with Crippen molar-refractivity contribution >= 4 is 34.3 Å². The average molecular weight is 379 g/mol. The van der Waals surface area contributed by atoms with Crippen LogP contribution in [0.4, 0.5) is 5.69 Å². The zero-order valence-electron chi connectivity index (χ0n) is 15.0. The number of ketones is 1. The predicted molar refractivity (Wildman–Crippen MR) is 100 cm³/mol. The summed E-state index contributed by atoms with van der Waals surface area (Å²) in [6.07, 6.45) is 3.17. The van der Waals surface area contributed by atoms with Crippen molar-refractivity contribution in [1.29, 1.82) is 0 Å². The van der Waals surface area contributed by atoms with Crippen molar-refractivity contribution in [2.45, 2.75) is 19.9 Å².